The van der Waals surface area contributed by atoms with Crippen molar-refractivity contribution in [3.05, 3.63) is 60.7 Å². The quantitative estimate of drug-likeness (QED) is 0.685. The zero-order valence-electron chi connectivity index (χ0n) is 12.2. The third-order valence-corrected chi connectivity index (χ3v) is 5.09. The first-order chi connectivity index (χ1) is 11.2. The number of para-hydroxylation sites is 1. The molecule has 4 nitrogen and oxygen atoms in total. The monoisotopic (exact) mass is 341 g/mol. The fourth-order valence-electron chi connectivity index (χ4n) is 2.02. The zero-order valence-corrected chi connectivity index (χ0v) is 13.9. The molecule has 0 fully saturated rings. The summed E-state index contributed by atoms with van der Waals surface area (Å²) in [4.78, 5) is 16.5. The lowest BCUT2D eigenvalue weighted by molar-refractivity contribution is -0.113. The van der Waals surface area contributed by atoms with Gasteiger partial charge in [-0.15, -0.1) is 0 Å². The molecule has 6 heteroatoms. The fraction of sp³-hybridized carbons (Fsp3) is 0.0588. The molecule has 2 aromatic carbocycles. The topological polar surface area (TPSA) is 68.0 Å². The van der Waals surface area contributed by atoms with Gasteiger partial charge in [0.25, 0.3) is 0 Å². The van der Waals surface area contributed by atoms with Crippen LogP contribution in [0.3, 0.4) is 0 Å². The highest BCUT2D eigenvalue weighted by Gasteiger charge is 2.12. The molecule has 0 spiro atoms. The van der Waals surface area contributed by atoms with E-state index in [0.717, 1.165) is 21.3 Å². The number of carbonyl (C=O) groups is 1. The molecule has 23 heavy (non-hydrogen) atoms. The van der Waals surface area contributed by atoms with Crippen molar-refractivity contribution in [1.82, 2.24) is 4.98 Å². The largest absolute Gasteiger partial charge is 0.389 e. The van der Waals surface area contributed by atoms with Crippen molar-refractivity contribution < 1.29 is 4.79 Å². The van der Waals surface area contributed by atoms with E-state index < -0.39 is 0 Å². The number of nitrogens with zero attached hydrogens (tertiary/aromatic N) is 1. The van der Waals surface area contributed by atoms with E-state index >= 15 is 0 Å². The maximum absolute atomic E-state index is 12.0. The molecule has 0 unspecified atom stereocenters. The van der Waals surface area contributed by atoms with E-state index in [1.54, 1.807) is 0 Å². The number of rotatable bonds is 5. The molecule has 3 rings (SSSR count). The molecule has 116 valence electrons. The number of benzene rings is 2. The number of nitrogen functional groups attached to an aromatic ring is 1. The number of anilines is 2. The van der Waals surface area contributed by atoms with Crippen LogP contribution in [0.1, 0.15) is 0 Å². The number of hydrogen-bond donors (Lipinski definition) is 2. The normalized spacial score (nSPS) is 10.4. The van der Waals surface area contributed by atoms with Gasteiger partial charge in [0, 0.05) is 11.3 Å². The van der Waals surface area contributed by atoms with Crippen LogP contribution in [0, 0.1) is 0 Å². The smallest absolute Gasteiger partial charge is 0.234 e. The summed E-state index contributed by atoms with van der Waals surface area (Å²) in [6, 6.07) is 19.2. The van der Waals surface area contributed by atoms with Crippen molar-refractivity contribution in [2.75, 3.05) is 16.8 Å². The van der Waals surface area contributed by atoms with E-state index in [-0.39, 0.29) is 5.91 Å². The van der Waals surface area contributed by atoms with E-state index in [4.69, 9.17) is 5.73 Å². The third kappa shape index (κ3) is 4.12. The average molecular weight is 341 g/mol. The maximum atomic E-state index is 12.0. The lowest BCUT2D eigenvalue weighted by atomic mass is 10.2. The number of amides is 1. The maximum Gasteiger partial charge on any atom is 0.234 e. The summed E-state index contributed by atoms with van der Waals surface area (Å²) in [5.74, 6) is 0.243. The van der Waals surface area contributed by atoms with Crippen molar-refractivity contribution in [1.29, 1.82) is 0 Å². The molecule has 3 aromatic rings. The summed E-state index contributed by atoms with van der Waals surface area (Å²) in [5.41, 5.74) is 8.61. The summed E-state index contributed by atoms with van der Waals surface area (Å²) >= 11 is 2.80. The van der Waals surface area contributed by atoms with E-state index in [1.807, 2.05) is 60.7 Å². The Morgan fingerprint density at radius 1 is 1.09 bits per heavy atom. The Hall–Kier alpha value is -2.31. The second-order valence-corrected chi connectivity index (χ2v) is 7.01. The number of carbonyl (C=O) groups excluding carboxylic acids is 1. The van der Waals surface area contributed by atoms with Gasteiger partial charge in [-0.1, -0.05) is 71.6 Å². The van der Waals surface area contributed by atoms with Crippen molar-refractivity contribution in [3.8, 4) is 11.3 Å². The minimum Gasteiger partial charge on any atom is -0.389 e. The standard InChI is InChI=1S/C17H15N3OS2/c18-16-15(12-7-3-1-4-8-12)20-17(23-16)22-11-14(21)19-13-9-5-2-6-10-13/h1-10H,11,18H2,(H,19,21). The number of nitrogens with two attached hydrogens (primary N) is 1. The first kappa shape index (κ1) is 15.6. The SMILES string of the molecule is Nc1sc(SCC(=O)Nc2ccccc2)nc1-c1ccccc1. The Morgan fingerprint density at radius 2 is 1.74 bits per heavy atom. The lowest BCUT2D eigenvalue weighted by Crippen LogP contribution is -2.13. The van der Waals surface area contributed by atoms with Gasteiger partial charge in [0.15, 0.2) is 4.34 Å². The van der Waals surface area contributed by atoms with Gasteiger partial charge in [0.05, 0.1) is 5.75 Å². The van der Waals surface area contributed by atoms with Crippen LogP contribution in [0.2, 0.25) is 0 Å². The van der Waals surface area contributed by atoms with Crippen molar-refractivity contribution in [2.45, 2.75) is 4.34 Å². The van der Waals surface area contributed by atoms with Gasteiger partial charge < -0.3 is 11.1 Å². The fourth-order valence-corrected chi connectivity index (χ4v) is 3.77. The second-order valence-electron chi connectivity index (χ2n) is 4.76. The molecule has 1 heterocycles. The van der Waals surface area contributed by atoms with E-state index in [9.17, 15) is 4.79 Å². The molecule has 1 amide bonds. The van der Waals surface area contributed by atoms with Gasteiger partial charge in [0.1, 0.15) is 10.7 Å². The first-order valence-corrected chi connectivity index (χ1v) is 8.82. The van der Waals surface area contributed by atoms with Crippen LogP contribution in [0.5, 0.6) is 0 Å². The van der Waals surface area contributed by atoms with Crippen LogP contribution in [-0.4, -0.2) is 16.6 Å². The number of thioether (sulfide) groups is 1. The zero-order chi connectivity index (χ0) is 16.1. The molecule has 0 radical (unpaired) electrons. The van der Waals surface area contributed by atoms with Gasteiger partial charge in [-0.2, -0.15) is 0 Å². The second kappa shape index (κ2) is 7.30. The molecule has 0 aliphatic heterocycles. The van der Waals surface area contributed by atoms with E-state index in [1.165, 1.54) is 23.1 Å². The highest BCUT2D eigenvalue weighted by Crippen LogP contribution is 2.35. The molecule has 3 N–H and O–H groups in total. The van der Waals surface area contributed by atoms with Crippen molar-refractivity contribution >= 4 is 39.7 Å². The summed E-state index contributed by atoms with van der Waals surface area (Å²) in [7, 11) is 0. The van der Waals surface area contributed by atoms with Gasteiger partial charge in [-0.3, -0.25) is 4.79 Å². The van der Waals surface area contributed by atoms with Crippen LogP contribution in [0.4, 0.5) is 10.7 Å². The van der Waals surface area contributed by atoms with Crippen LogP contribution < -0.4 is 11.1 Å². The molecule has 1 aromatic heterocycles. The first-order valence-electron chi connectivity index (χ1n) is 7.02. The van der Waals surface area contributed by atoms with Crippen LogP contribution in [0.25, 0.3) is 11.3 Å². The summed E-state index contributed by atoms with van der Waals surface area (Å²) in [6.45, 7) is 0. The number of thiazole rings is 1. The molecule has 0 saturated heterocycles. The number of aromatic nitrogens is 1. The predicted molar refractivity (Wildman–Crippen MR) is 97.8 cm³/mol. The molecule has 0 aliphatic rings. The predicted octanol–water partition coefficient (Wildman–Crippen LogP) is 4.12. The Balaban J connectivity index is 1.62. The summed E-state index contributed by atoms with van der Waals surface area (Å²) in [5, 5.41) is 3.52. The molecule has 0 atom stereocenters. The summed E-state index contributed by atoms with van der Waals surface area (Å²) < 4.78 is 0.796. The Morgan fingerprint density at radius 3 is 2.43 bits per heavy atom. The Labute approximate surface area is 142 Å². The Kier molecular flexibility index (Phi) is 4.95. The van der Waals surface area contributed by atoms with Crippen molar-refractivity contribution in [2.24, 2.45) is 0 Å². The van der Waals surface area contributed by atoms with Crippen LogP contribution >= 0.6 is 23.1 Å². The third-order valence-electron chi connectivity index (χ3n) is 3.07. The number of hydrogen-bond acceptors (Lipinski definition) is 5. The molecule has 0 aliphatic carbocycles. The van der Waals surface area contributed by atoms with Crippen LogP contribution in [-0.2, 0) is 4.79 Å². The molecular weight excluding hydrogens is 326 g/mol. The Bertz CT molecular complexity index is 788. The number of nitrogens with one attached hydrogen (secondary N) is 1. The van der Waals surface area contributed by atoms with Crippen LogP contribution in [0.15, 0.2) is 65.0 Å². The van der Waals surface area contributed by atoms with Gasteiger partial charge in [0.2, 0.25) is 5.91 Å². The van der Waals surface area contributed by atoms with Crippen molar-refractivity contribution in [3.63, 3.8) is 0 Å². The highest BCUT2D eigenvalue weighted by atomic mass is 32.2. The average Bonchev–Trinajstić information content (AvgIpc) is 2.96. The highest BCUT2D eigenvalue weighted by molar-refractivity contribution is 8.01. The van der Waals surface area contributed by atoms with Gasteiger partial charge in [-0.05, 0) is 12.1 Å². The van der Waals surface area contributed by atoms with Gasteiger partial charge in [-0.25, -0.2) is 4.98 Å². The van der Waals surface area contributed by atoms with E-state index in [0.29, 0.717) is 10.8 Å². The molecular formula is C17H15N3OS2. The van der Waals surface area contributed by atoms with E-state index in [2.05, 4.69) is 10.3 Å². The van der Waals surface area contributed by atoms with Gasteiger partial charge >= 0.3 is 0 Å². The molecule has 0 saturated carbocycles. The lowest BCUT2D eigenvalue weighted by Gasteiger charge is -2.03. The minimum absolute atomic E-state index is 0.0590. The minimum atomic E-state index is -0.0590. The summed E-state index contributed by atoms with van der Waals surface area (Å²) in [6.07, 6.45) is 0. The molecule has 0 bridgehead atoms.